The van der Waals surface area contributed by atoms with Crippen molar-refractivity contribution in [3.8, 4) is 0 Å². The molecule has 0 atom stereocenters. The van der Waals surface area contributed by atoms with Gasteiger partial charge in [0, 0.05) is 11.0 Å². The summed E-state index contributed by atoms with van der Waals surface area (Å²) in [6.07, 6.45) is -4.52. The third-order valence-corrected chi connectivity index (χ3v) is 2.22. The first kappa shape index (κ1) is 10.6. The van der Waals surface area contributed by atoms with Gasteiger partial charge >= 0.3 is 6.18 Å². The first-order chi connectivity index (χ1) is 7.39. The van der Waals surface area contributed by atoms with Gasteiger partial charge in [-0.1, -0.05) is 0 Å². The van der Waals surface area contributed by atoms with Crippen LogP contribution in [0, 0.1) is 4.91 Å². The second-order valence-electron chi connectivity index (χ2n) is 3.27. The molecule has 7 heteroatoms. The van der Waals surface area contributed by atoms with E-state index < -0.39 is 17.6 Å². The lowest BCUT2D eigenvalue weighted by molar-refractivity contribution is -0.469. The van der Waals surface area contributed by atoms with E-state index in [1.807, 2.05) is 0 Å². The number of alkyl halides is 3. The number of rotatable bonds is 0. The van der Waals surface area contributed by atoms with Crippen molar-refractivity contribution in [1.29, 1.82) is 0 Å². The number of benzene rings is 1. The van der Waals surface area contributed by atoms with E-state index >= 15 is 0 Å². The summed E-state index contributed by atoms with van der Waals surface area (Å²) in [4.78, 5) is 22.5. The quantitative estimate of drug-likeness (QED) is 0.692. The first-order valence-corrected chi connectivity index (χ1v) is 4.34. The average molecular weight is 231 g/mol. The summed E-state index contributed by atoms with van der Waals surface area (Å²) in [5, 5.41) is 2.24. The minimum atomic E-state index is -4.52. The van der Waals surface area contributed by atoms with Gasteiger partial charge in [0.25, 0.3) is 18.3 Å². The summed E-state index contributed by atoms with van der Waals surface area (Å²) >= 11 is 0. The number of carbonyl (C=O) groups is 1. The lowest BCUT2D eigenvalue weighted by Crippen LogP contribution is -2.35. The molecule has 1 aliphatic heterocycles. The summed E-state index contributed by atoms with van der Waals surface area (Å²) in [5.41, 5.74) is -1.24. The Morgan fingerprint density at radius 3 is 2.62 bits per heavy atom. The van der Waals surface area contributed by atoms with E-state index in [0.29, 0.717) is 10.8 Å². The minimum absolute atomic E-state index is 0.0470. The van der Waals surface area contributed by atoms with Crippen molar-refractivity contribution in [1.82, 2.24) is 5.32 Å². The molecule has 4 nitrogen and oxygen atoms in total. The molecule has 1 N–H and O–H groups in total. The molecule has 0 aromatic heterocycles. The monoisotopic (exact) mass is 231 g/mol. The van der Waals surface area contributed by atoms with Gasteiger partial charge in [0.1, 0.15) is 5.56 Å². The van der Waals surface area contributed by atoms with Crippen LogP contribution in [0.3, 0.4) is 0 Å². The van der Waals surface area contributed by atoms with Crippen LogP contribution in [-0.2, 0) is 6.18 Å². The van der Waals surface area contributed by atoms with Crippen LogP contribution in [0.1, 0.15) is 15.9 Å². The van der Waals surface area contributed by atoms with E-state index in [2.05, 4.69) is 5.32 Å². The lowest BCUT2D eigenvalue weighted by atomic mass is 10.1. The lowest BCUT2D eigenvalue weighted by Gasteiger charge is -2.11. The SMILES string of the molecule is O=C1NC[N+](=O)c2cc(C(F)(F)F)ccc21. The zero-order valence-electron chi connectivity index (χ0n) is 7.84. The van der Waals surface area contributed by atoms with Crippen LogP contribution >= 0.6 is 0 Å². The smallest absolute Gasteiger partial charge is 0.293 e. The molecule has 0 radical (unpaired) electrons. The molecular weight excluding hydrogens is 225 g/mol. The Kier molecular flexibility index (Phi) is 2.18. The molecule has 1 aliphatic rings. The Labute approximate surface area is 87.6 Å². The predicted octanol–water partition coefficient (Wildman–Crippen LogP) is 1.82. The van der Waals surface area contributed by atoms with Crippen molar-refractivity contribution >= 4 is 11.6 Å². The molecule has 0 spiro atoms. The maximum Gasteiger partial charge on any atom is 0.416 e. The highest BCUT2D eigenvalue weighted by Gasteiger charge is 2.36. The molecular formula is C9H6F3N2O2+. The molecule has 0 fully saturated rings. The highest BCUT2D eigenvalue weighted by Crippen LogP contribution is 2.33. The molecule has 0 bridgehead atoms. The van der Waals surface area contributed by atoms with E-state index in [-0.39, 0.29) is 17.9 Å². The Morgan fingerprint density at radius 1 is 1.31 bits per heavy atom. The van der Waals surface area contributed by atoms with E-state index in [1.54, 1.807) is 0 Å². The van der Waals surface area contributed by atoms with E-state index in [9.17, 15) is 22.9 Å². The Balaban J connectivity index is 2.57. The molecule has 2 rings (SSSR count). The second kappa shape index (κ2) is 3.29. The molecule has 1 aromatic rings. The molecule has 16 heavy (non-hydrogen) atoms. The van der Waals surface area contributed by atoms with Crippen molar-refractivity contribution < 1.29 is 22.7 Å². The van der Waals surface area contributed by atoms with Crippen molar-refractivity contribution in [3.05, 3.63) is 34.2 Å². The van der Waals surface area contributed by atoms with Crippen molar-refractivity contribution in [3.63, 3.8) is 0 Å². The molecule has 0 aliphatic carbocycles. The van der Waals surface area contributed by atoms with Crippen LogP contribution in [-0.4, -0.2) is 17.3 Å². The van der Waals surface area contributed by atoms with Gasteiger partial charge in [-0.3, -0.25) is 10.1 Å². The number of halogens is 3. The summed E-state index contributed by atoms with van der Waals surface area (Å²) < 4.78 is 37.4. The van der Waals surface area contributed by atoms with Crippen molar-refractivity contribution in [2.24, 2.45) is 0 Å². The van der Waals surface area contributed by atoms with Gasteiger partial charge < -0.3 is 0 Å². The predicted molar refractivity (Wildman–Crippen MR) is 47.1 cm³/mol. The maximum absolute atomic E-state index is 12.4. The number of amides is 1. The van der Waals surface area contributed by atoms with Gasteiger partial charge in [0.2, 0.25) is 0 Å². The average Bonchev–Trinajstić information content (AvgIpc) is 2.22. The van der Waals surface area contributed by atoms with Crippen LogP contribution < -0.4 is 5.32 Å². The summed E-state index contributed by atoms with van der Waals surface area (Å²) in [7, 11) is 0. The van der Waals surface area contributed by atoms with Crippen LogP contribution in [0.15, 0.2) is 18.2 Å². The highest BCUT2D eigenvalue weighted by molar-refractivity contribution is 5.98. The van der Waals surface area contributed by atoms with Gasteiger partial charge in [-0.05, 0) is 12.1 Å². The Bertz CT molecular complexity index is 482. The fourth-order valence-corrected chi connectivity index (χ4v) is 1.43. The largest absolute Gasteiger partial charge is 0.416 e. The van der Waals surface area contributed by atoms with Gasteiger partial charge in [-0.15, -0.1) is 0 Å². The zero-order chi connectivity index (χ0) is 11.9. The molecule has 0 saturated heterocycles. The Hall–Kier alpha value is -1.92. The van der Waals surface area contributed by atoms with E-state index in [4.69, 9.17) is 0 Å². The van der Waals surface area contributed by atoms with Crippen LogP contribution in [0.2, 0.25) is 0 Å². The summed E-state index contributed by atoms with van der Waals surface area (Å²) in [5.74, 6) is -0.546. The van der Waals surface area contributed by atoms with Gasteiger partial charge in [-0.25, -0.2) is 0 Å². The molecule has 1 aromatic carbocycles. The minimum Gasteiger partial charge on any atom is -0.293 e. The van der Waals surface area contributed by atoms with Crippen LogP contribution in [0.25, 0.3) is 0 Å². The molecule has 1 heterocycles. The standard InChI is InChI=1S/C9H5F3N2O2/c10-9(11,12)5-1-2-6-7(3-5)14(16)4-13-8(6)15/h1-3H,4H2/p+1. The van der Waals surface area contributed by atoms with Gasteiger partial charge in [-0.2, -0.15) is 13.2 Å². The number of fused-ring (bicyclic) bond motifs is 1. The second-order valence-corrected chi connectivity index (χ2v) is 3.27. The highest BCUT2D eigenvalue weighted by atomic mass is 19.4. The first-order valence-electron chi connectivity index (χ1n) is 4.34. The molecule has 0 saturated carbocycles. The van der Waals surface area contributed by atoms with Gasteiger partial charge in [0.05, 0.1) is 10.3 Å². The summed E-state index contributed by atoms with van der Waals surface area (Å²) in [6, 6.07) is 2.45. The normalized spacial score (nSPS) is 15.7. The summed E-state index contributed by atoms with van der Waals surface area (Å²) in [6.45, 7) is -0.340. The Morgan fingerprint density at radius 2 is 2.00 bits per heavy atom. The molecule has 1 amide bonds. The van der Waals surface area contributed by atoms with Gasteiger partial charge in [0.15, 0.2) is 0 Å². The van der Waals surface area contributed by atoms with E-state index in [0.717, 1.165) is 12.1 Å². The maximum atomic E-state index is 12.4. The number of nitroso groups, excluding NO2 is 1. The van der Waals surface area contributed by atoms with Crippen molar-refractivity contribution in [2.75, 3.05) is 6.67 Å². The fourth-order valence-electron chi connectivity index (χ4n) is 1.43. The van der Waals surface area contributed by atoms with E-state index in [1.165, 1.54) is 0 Å². The number of carbonyl (C=O) groups excluding carboxylic acids is 1. The number of hydrogen-bond donors (Lipinski definition) is 1. The number of hydrogen-bond acceptors (Lipinski definition) is 2. The number of nitrogens with zero attached hydrogens (tertiary/aromatic N) is 1. The van der Waals surface area contributed by atoms with Crippen LogP contribution in [0.5, 0.6) is 0 Å². The fraction of sp³-hybridized carbons (Fsp3) is 0.222. The zero-order valence-corrected chi connectivity index (χ0v) is 7.84. The van der Waals surface area contributed by atoms with Crippen LogP contribution in [0.4, 0.5) is 18.9 Å². The third kappa shape index (κ3) is 1.64. The molecule has 0 unspecified atom stereocenters. The molecule has 84 valence electrons. The third-order valence-electron chi connectivity index (χ3n) is 2.22. The topological polar surface area (TPSA) is 49.2 Å². The number of nitrogens with one attached hydrogen (secondary N) is 1. The van der Waals surface area contributed by atoms with Crippen molar-refractivity contribution in [2.45, 2.75) is 6.18 Å².